The predicted octanol–water partition coefficient (Wildman–Crippen LogP) is 4.25. The summed E-state index contributed by atoms with van der Waals surface area (Å²) >= 11 is 0. The third kappa shape index (κ3) is 3.13. The van der Waals surface area contributed by atoms with Crippen molar-refractivity contribution in [2.75, 3.05) is 20.8 Å². The highest BCUT2D eigenvalue weighted by Crippen LogP contribution is 2.38. The zero-order valence-corrected chi connectivity index (χ0v) is 16.4. The molecule has 5 nitrogen and oxygen atoms in total. The third-order valence-corrected chi connectivity index (χ3v) is 5.44. The maximum absolute atomic E-state index is 13.3. The number of nitrogens with zero attached hydrogens (tertiary/aromatic N) is 2. The summed E-state index contributed by atoms with van der Waals surface area (Å²) in [5.41, 5.74) is 3.99. The lowest BCUT2D eigenvalue weighted by molar-refractivity contribution is 0.0677. The van der Waals surface area contributed by atoms with Crippen LogP contribution in [0.4, 0.5) is 0 Å². The standard InChI is InChI=1S/C23H24N2O3/c1-16-20-15-22(28-3)21(27-2)14-17(20)9-12-25(16)23(26)18-7-6-8-19(13-18)24-10-4-5-11-24/h4-8,10-11,13-16H,9,12H2,1-3H3. The highest BCUT2D eigenvalue weighted by Gasteiger charge is 2.29. The van der Waals surface area contributed by atoms with Crippen molar-refractivity contribution in [3.63, 3.8) is 0 Å². The van der Waals surface area contributed by atoms with Gasteiger partial charge in [0.15, 0.2) is 11.5 Å². The SMILES string of the molecule is COc1cc2c(cc1OC)C(C)N(C(=O)c1cccc(-n3cccc3)c1)CC2. The third-order valence-electron chi connectivity index (χ3n) is 5.44. The summed E-state index contributed by atoms with van der Waals surface area (Å²) < 4.78 is 12.9. The number of benzene rings is 2. The zero-order chi connectivity index (χ0) is 19.7. The van der Waals surface area contributed by atoms with Crippen molar-refractivity contribution in [3.05, 3.63) is 77.6 Å². The van der Waals surface area contributed by atoms with Crippen molar-refractivity contribution in [2.24, 2.45) is 0 Å². The topological polar surface area (TPSA) is 43.7 Å². The van der Waals surface area contributed by atoms with Gasteiger partial charge in [0.05, 0.1) is 20.3 Å². The van der Waals surface area contributed by atoms with Gasteiger partial charge in [-0.05, 0) is 66.9 Å². The molecule has 4 rings (SSSR count). The average Bonchev–Trinajstić information content (AvgIpc) is 3.28. The molecule has 0 spiro atoms. The lowest BCUT2D eigenvalue weighted by Crippen LogP contribution is -2.38. The van der Waals surface area contributed by atoms with Crippen molar-refractivity contribution in [3.8, 4) is 17.2 Å². The van der Waals surface area contributed by atoms with Crippen LogP contribution in [-0.4, -0.2) is 36.1 Å². The van der Waals surface area contributed by atoms with E-state index in [4.69, 9.17) is 9.47 Å². The Morgan fingerprint density at radius 2 is 1.71 bits per heavy atom. The van der Waals surface area contributed by atoms with E-state index in [-0.39, 0.29) is 11.9 Å². The van der Waals surface area contributed by atoms with Gasteiger partial charge in [-0.15, -0.1) is 0 Å². The van der Waals surface area contributed by atoms with Crippen LogP contribution in [-0.2, 0) is 6.42 Å². The van der Waals surface area contributed by atoms with Crippen molar-refractivity contribution in [1.29, 1.82) is 0 Å². The van der Waals surface area contributed by atoms with Crippen LogP contribution in [0.2, 0.25) is 0 Å². The molecular weight excluding hydrogens is 352 g/mol. The molecule has 1 atom stereocenters. The summed E-state index contributed by atoms with van der Waals surface area (Å²) in [6, 6.07) is 15.7. The minimum Gasteiger partial charge on any atom is -0.493 e. The normalized spacial score (nSPS) is 15.8. The summed E-state index contributed by atoms with van der Waals surface area (Å²) in [4.78, 5) is 15.2. The van der Waals surface area contributed by atoms with Crippen LogP contribution in [0.5, 0.6) is 11.5 Å². The summed E-state index contributed by atoms with van der Waals surface area (Å²) in [5.74, 6) is 1.46. The number of ether oxygens (including phenoxy) is 2. The smallest absolute Gasteiger partial charge is 0.254 e. The highest BCUT2D eigenvalue weighted by molar-refractivity contribution is 5.95. The second-order valence-electron chi connectivity index (χ2n) is 6.97. The van der Waals surface area contributed by atoms with Crippen LogP contribution in [0.15, 0.2) is 60.9 Å². The lowest BCUT2D eigenvalue weighted by Gasteiger charge is -2.36. The first-order valence-electron chi connectivity index (χ1n) is 9.41. The van der Waals surface area contributed by atoms with Gasteiger partial charge in [-0.2, -0.15) is 0 Å². The molecule has 3 aromatic rings. The van der Waals surface area contributed by atoms with Gasteiger partial charge in [0.25, 0.3) is 5.91 Å². The first kappa shape index (κ1) is 18.2. The van der Waals surface area contributed by atoms with E-state index in [1.807, 2.05) is 70.4 Å². The van der Waals surface area contributed by atoms with E-state index in [9.17, 15) is 4.79 Å². The Labute approximate surface area is 165 Å². The quantitative estimate of drug-likeness (QED) is 0.684. The number of carbonyl (C=O) groups is 1. The van der Waals surface area contributed by atoms with Crippen molar-refractivity contribution < 1.29 is 14.3 Å². The molecule has 5 heteroatoms. The number of carbonyl (C=O) groups excluding carboxylic acids is 1. The monoisotopic (exact) mass is 376 g/mol. The summed E-state index contributed by atoms with van der Waals surface area (Å²) in [6.07, 6.45) is 4.75. The van der Waals surface area contributed by atoms with Gasteiger partial charge in [-0.1, -0.05) is 6.07 Å². The van der Waals surface area contributed by atoms with Crippen molar-refractivity contribution in [1.82, 2.24) is 9.47 Å². The molecule has 1 unspecified atom stereocenters. The predicted molar refractivity (Wildman–Crippen MR) is 108 cm³/mol. The molecule has 2 aromatic carbocycles. The van der Waals surface area contributed by atoms with E-state index >= 15 is 0 Å². The van der Waals surface area contributed by atoms with Crippen LogP contribution in [0.1, 0.15) is 34.5 Å². The molecule has 1 amide bonds. The van der Waals surface area contributed by atoms with E-state index in [1.54, 1.807) is 14.2 Å². The van der Waals surface area contributed by atoms with E-state index in [0.717, 1.165) is 23.4 Å². The van der Waals surface area contributed by atoms with E-state index in [2.05, 4.69) is 6.92 Å². The molecule has 28 heavy (non-hydrogen) atoms. The van der Waals surface area contributed by atoms with Gasteiger partial charge in [-0.3, -0.25) is 4.79 Å². The maximum Gasteiger partial charge on any atom is 0.254 e. The summed E-state index contributed by atoms with van der Waals surface area (Å²) in [5, 5.41) is 0. The van der Waals surface area contributed by atoms with Crippen molar-refractivity contribution in [2.45, 2.75) is 19.4 Å². The molecule has 0 N–H and O–H groups in total. The number of aromatic nitrogens is 1. The Hall–Kier alpha value is -3.21. The Morgan fingerprint density at radius 3 is 2.43 bits per heavy atom. The first-order chi connectivity index (χ1) is 13.6. The number of rotatable bonds is 4. The highest BCUT2D eigenvalue weighted by atomic mass is 16.5. The number of hydrogen-bond acceptors (Lipinski definition) is 3. The molecule has 144 valence electrons. The lowest BCUT2D eigenvalue weighted by atomic mass is 9.92. The van der Waals surface area contributed by atoms with E-state index in [1.165, 1.54) is 5.56 Å². The Bertz CT molecular complexity index is 995. The Balaban J connectivity index is 1.64. The fraction of sp³-hybridized carbons (Fsp3) is 0.261. The number of hydrogen-bond donors (Lipinski definition) is 0. The minimum absolute atomic E-state index is 0.0358. The molecule has 1 aliphatic heterocycles. The van der Waals surface area contributed by atoms with Crippen LogP contribution < -0.4 is 9.47 Å². The fourth-order valence-corrected chi connectivity index (χ4v) is 3.89. The van der Waals surface area contributed by atoms with E-state index in [0.29, 0.717) is 17.9 Å². The second-order valence-corrected chi connectivity index (χ2v) is 6.97. The zero-order valence-electron chi connectivity index (χ0n) is 16.4. The largest absolute Gasteiger partial charge is 0.493 e. The maximum atomic E-state index is 13.3. The number of methoxy groups -OCH3 is 2. The molecular formula is C23H24N2O3. The van der Waals surface area contributed by atoms with Gasteiger partial charge in [0.2, 0.25) is 0 Å². The fourth-order valence-electron chi connectivity index (χ4n) is 3.89. The molecule has 0 bridgehead atoms. The van der Waals surface area contributed by atoms with E-state index < -0.39 is 0 Å². The molecule has 1 aliphatic rings. The summed E-state index contributed by atoms with van der Waals surface area (Å²) in [7, 11) is 3.28. The van der Waals surface area contributed by atoms with Gasteiger partial charge in [0.1, 0.15) is 0 Å². The minimum atomic E-state index is -0.0358. The molecule has 0 saturated heterocycles. The molecule has 0 fully saturated rings. The number of amides is 1. The van der Waals surface area contributed by atoms with Crippen molar-refractivity contribution >= 4 is 5.91 Å². The Morgan fingerprint density at radius 1 is 1.00 bits per heavy atom. The van der Waals surface area contributed by atoms with Crippen LogP contribution >= 0.6 is 0 Å². The molecule has 1 aromatic heterocycles. The first-order valence-corrected chi connectivity index (χ1v) is 9.41. The van der Waals surface area contributed by atoms with Crippen LogP contribution in [0.3, 0.4) is 0 Å². The molecule has 2 heterocycles. The molecule has 0 aliphatic carbocycles. The van der Waals surface area contributed by atoms with Gasteiger partial charge < -0.3 is 18.9 Å². The molecule has 0 saturated carbocycles. The second kappa shape index (κ2) is 7.43. The van der Waals surface area contributed by atoms with Gasteiger partial charge >= 0.3 is 0 Å². The average molecular weight is 376 g/mol. The van der Waals surface area contributed by atoms with Gasteiger partial charge in [0, 0.05) is 30.2 Å². The van der Waals surface area contributed by atoms with Crippen LogP contribution in [0.25, 0.3) is 5.69 Å². The van der Waals surface area contributed by atoms with Gasteiger partial charge in [-0.25, -0.2) is 0 Å². The van der Waals surface area contributed by atoms with Crippen LogP contribution in [0, 0.1) is 0 Å². The number of fused-ring (bicyclic) bond motifs is 1. The Kier molecular flexibility index (Phi) is 4.82. The molecule has 0 radical (unpaired) electrons. The summed E-state index contributed by atoms with van der Waals surface area (Å²) in [6.45, 7) is 2.74.